The average molecular weight is 582 g/mol. The minimum Gasteiger partial charge on any atom is -0.489 e. The highest BCUT2D eigenvalue weighted by Crippen LogP contribution is 2.35. The van der Waals surface area contributed by atoms with E-state index >= 15 is 0 Å². The van der Waals surface area contributed by atoms with E-state index in [1.165, 1.54) is 36.6 Å². The lowest BCUT2D eigenvalue weighted by atomic mass is 10.1. The Morgan fingerprint density at radius 1 is 0.951 bits per heavy atom. The molecule has 0 unspecified atom stereocenters. The molecule has 1 aliphatic heterocycles. The summed E-state index contributed by atoms with van der Waals surface area (Å²) in [5, 5.41) is 4.95. The fourth-order valence-corrected chi connectivity index (χ4v) is 6.02. The Hall–Kier alpha value is -3.68. The van der Waals surface area contributed by atoms with Gasteiger partial charge in [-0.1, -0.05) is 117 Å². The van der Waals surface area contributed by atoms with Gasteiger partial charge in [-0.15, -0.1) is 0 Å². The largest absolute Gasteiger partial charge is 0.489 e. The maximum atomic E-state index is 13.4. The predicted octanol–water partition coefficient (Wildman–Crippen LogP) is 8.60. The molecule has 0 N–H and O–H groups in total. The number of ether oxygens (including phenoxy) is 1. The summed E-state index contributed by atoms with van der Waals surface area (Å²) >= 11 is 6.97. The SMILES string of the molecule is CCCCCCCN1C(=O)/C(=C/c2cn(-c3ccccc3)nc2-c2cccc(OCc3ccc(C)cc3)c2)SC1=S. The second-order valence-electron chi connectivity index (χ2n) is 10.3. The lowest BCUT2D eigenvalue weighted by molar-refractivity contribution is -0.122. The maximum Gasteiger partial charge on any atom is 0.266 e. The highest BCUT2D eigenvalue weighted by atomic mass is 32.2. The van der Waals surface area contributed by atoms with Gasteiger partial charge in [-0.2, -0.15) is 5.10 Å². The van der Waals surface area contributed by atoms with E-state index in [0.29, 0.717) is 22.4 Å². The molecule has 0 aliphatic carbocycles. The lowest BCUT2D eigenvalue weighted by Crippen LogP contribution is -2.29. The van der Waals surface area contributed by atoms with Crippen LogP contribution in [0.4, 0.5) is 0 Å². The number of carbonyl (C=O) groups excluding carboxylic acids is 1. The number of hydrogen-bond donors (Lipinski definition) is 0. The highest BCUT2D eigenvalue weighted by Gasteiger charge is 2.32. The van der Waals surface area contributed by atoms with Crippen molar-refractivity contribution in [1.82, 2.24) is 14.7 Å². The van der Waals surface area contributed by atoms with Crippen LogP contribution >= 0.6 is 24.0 Å². The molecule has 0 spiro atoms. The van der Waals surface area contributed by atoms with Gasteiger partial charge in [-0.05, 0) is 49.2 Å². The van der Waals surface area contributed by atoms with Crippen LogP contribution in [-0.2, 0) is 11.4 Å². The van der Waals surface area contributed by atoms with Crippen LogP contribution in [0.5, 0.6) is 5.75 Å². The van der Waals surface area contributed by atoms with Crippen molar-refractivity contribution in [1.29, 1.82) is 0 Å². The van der Waals surface area contributed by atoms with Gasteiger partial charge < -0.3 is 4.74 Å². The molecular formula is C34H35N3O2S2. The maximum absolute atomic E-state index is 13.4. The number of benzene rings is 3. The molecule has 5 nitrogen and oxygen atoms in total. The Labute approximate surface area is 252 Å². The van der Waals surface area contributed by atoms with Crippen molar-refractivity contribution < 1.29 is 9.53 Å². The molecule has 0 atom stereocenters. The summed E-state index contributed by atoms with van der Waals surface area (Å²) in [7, 11) is 0. The van der Waals surface area contributed by atoms with Crippen molar-refractivity contribution >= 4 is 40.3 Å². The smallest absolute Gasteiger partial charge is 0.266 e. The van der Waals surface area contributed by atoms with Crippen LogP contribution in [-0.4, -0.2) is 31.5 Å². The van der Waals surface area contributed by atoms with E-state index < -0.39 is 0 Å². The van der Waals surface area contributed by atoms with Gasteiger partial charge in [-0.3, -0.25) is 9.69 Å². The van der Waals surface area contributed by atoms with Crippen molar-refractivity contribution in [3.8, 4) is 22.7 Å². The molecule has 3 aromatic carbocycles. The van der Waals surface area contributed by atoms with E-state index in [4.69, 9.17) is 22.1 Å². The third kappa shape index (κ3) is 7.34. The van der Waals surface area contributed by atoms with E-state index in [0.717, 1.165) is 46.7 Å². The standard InChI is InChI=1S/C34H35N3O2S2/c1-3-4-5-6-10-20-36-33(38)31(41-34(36)40)22-28-23-37(29-13-8-7-9-14-29)35-32(28)27-12-11-15-30(21-27)39-24-26-18-16-25(2)17-19-26/h7-9,11-19,21-23H,3-6,10,20,24H2,1-2H3/b31-22-. The zero-order valence-electron chi connectivity index (χ0n) is 23.6. The van der Waals surface area contributed by atoms with Gasteiger partial charge in [0.25, 0.3) is 5.91 Å². The first kappa shape index (κ1) is 28.8. The van der Waals surface area contributed by atoms with Gasteiger partial charge in [0.05, 0.1) is 10.6 Å². The van der Waals surface area contributed by atoms with Crippen LogP contribution in [0.2, 0.25) is 0 Å². The minimum atomic E-state index is -0.0240. The Morgan fingerprint density at radius 3 is 2.51 bits per heavy atom. The molecule has 7 heteroatoms. The van der Waals surface area contributed by atoms with Gasteiger partial charge in [-0.25, -0.2) is 4.68 Å². The van der Waals surface area contributed by atoms with Crippen LogP contribution in [0.25, 0.3) is 23.0 Å². The number of thiocarbonyl (C=S) groups is 1. The summed E-state index contributed by atoms with van der Waals surface area (Å²) in [6.07, 6.45) is 9.60. The molecule has 41 heavy (non-hydrogen) atoms. The number of carbonyl (C=O) groups is 1. The first-order valence-electron chi connectivity index (χ1n) is 14.2. The number of rotatable bonds is 12. The summed E-state index contributed by atoms with van der Waals surface area (Å²) < 4.78 is 8.62. The minimum absolute atomic E-state index is 0.0240. The Bertz CT molecular complexity index is 1530. The molecule has 1 aliphatic rings. The van der Waals surface area contributed by atoms with Crippen LogP contribution in [0.15, 0.2) is 90.0 Å². The van der Waals surface area contributed by atoms with Crippen molar-refractivity contribution in [2.24, 2.45) is 0 Å². The number of unbranched alkanes of at least 4 members (excludes halogenated alkanes) is 4. The molecule has 1 amide bonds. The van der Waals surface area contributed by atoms with E-state index in [2.05, 4.69) is 38.1 Å². The monoisotopic (exact) mass is 581 g/mol. The van der Waals surface area contributed by atoms with Crippen molar-refractivity contribution in [2.75, 3.05) is 6.54 Å². The third-order valence-corrected chi connectivity index (χ3v) is 8.42. The molecule has 0 saturated carbocycles. The normalized spacial score (nSPS) is 14.3. The number of aromatic nitrogens is 2. The zero-order chi connectivity index (χ0) is 28.6. The van der Waals surface area contributed by atoms with Gasteiger partial charge in [0.1, 0.15) is 22.4 Å². The number of amides is 1. The fourth-order valence-electron chi connectivity index (χ4n) is 4.72. The molecular weight excluding hydrogens is 547 g/mol. The van der Waals surface area contributed by atoms with Crippen molar-refractivity contribution in [2.45, 2.75) is 52.6 Å². The third-order valence-electron chi connectivity index (χ3n) is 7.04. The number of aryl methyl sites for hydroxylation is 1. The van der Waals surface area contributed by atoms with Crippen LogP contribution < -0.4 is 4.74 Å². The number of hydrogen-bond acceptors (Lipinski definition) is 5. The van der Waals surface area contributed by atoms with Gasteiger partial charge in [0.2, 0.25) is 0 Å². The van der Waals surface area contributed by atoms with Crippen LogP contribution in [0.3, 0.4) is 0 Å². The van der Waals surface area contributed by atoms with E-state index in [1.54, 1.807) is 4.90 Å². The lowest BCUT2D eigenvalue weighted by Gasteiger charge is -2.13. The Morgan fingerprint density at radius 2 is 1.73 bits per heavy atom. The summed E-state index contributed by atoms with van der Waals surface area (Å²) in [6, 6.07) is 26.3. The molecule has 0 radical (unpaired) electrons. The summed E-state index contributed by atoms with van der Waals surface area (Å²) in [6.45, 7) is 5.43. The van der Waals surface area contributed by atoms with Gasteiger partial charge in [0, 0.05) is 23.9 Å². The molecule has 5 rings (SSSR count). The summed E-state index contributed by atoms with van der Waals surface area (Å²) in [5.41, 5.74) is 5.83. The van der Waals surface area contributed by atoms with Crippen LogP contribution in [0.1, 0.15) is 55.7 Å². The van der Waals surface area contributed by atoms with Gasteiger partial charge >= 0.3 is 0 Å². The zero-order valence-corrected chi connectivity index (χ0v) is 25.2. The summed E-state index contributed by atoms with van der Waals surface area (Å²) in [4.78, 5) is 15.7. The average Bonchev–Trinajstić information content (AvgIpc) is 3.53. The van der Waals surface area contributed by atoms with Crippen molar-refractivity contribution in [3.63, 3.8) is 0 Å². The highest BCUT2D eigenvalue weighted by molar-refractivity contribution is 8.26. The van der Waals surface area contributed by atoms with E-state index in [-0.39, 0.29) is 5.91 Å². The van der Waals surface area contributed by atoms with E-state index in [1.807, 2.05) is 71.6 Å². The van der Waals surface area contributed by atoms with Crippen LogP contribution in [0, 0.1) is 6.92 Å². The first-order valence-corrected chi connectivity index (χ1v) is 15.4. The van der Waals surface area contributed by atoms with Crippen molar-refractivity contribution in [3.05, 3.63) is 107 Å². The molecule has 1 saturated heterocycles. The second kappa shape index (κ2) is 13.8. The Kier molecular flexibility index (Phi) is 9.70. The molecule has 1 aromatic heterocycles. The molecule has 4 aromatic rings. The molecule has 210 valence electrons. The van der Waals surface area contributed by atoms with E-state index in [9.17, 15) is 4.79 Å². The fraction of sp³-hybridized carbons (Fsp3) is 0.265. The molecule has 1 fully saturated rings. The second-order valence-corrected chi connectivity index (χ2v) is 11.9. The molecule has 0 bridgehead atoms. The predicted molar refractivity (Wildman–Crippen MR) is 173 cm³/mol. The molecule has 2 heterocycles. The van der Waals surface area contributed by atoms with Gasteiger partial charge in [0.15, 0.2) is 0 Å². The number of thioether (sulfide) groups is 1. The topological polar surface area (TPSA) is 47.4 Å². The first-order chi connectivity index (χ1) is 20.0. The Balaban J connectivity index is 1.41. The quantitative estimate of drug-likeness (QED) is 0.0952. The summed E-state index contributed by atoms with van der Waals surface area (Å²) in [5.74, 6) is 0.738. The number of nitrogens with zero attached hydrogens (tertiary/aromatic N) is 3. The number of para-hydroxylation sites is 1.